The van der Waals surface area contributed by atoms with Crippen molar-refractivity contribution in [3.05, 3.63) is 30.1 Å². The first-order valence-corrected chi connectivity index (χ1v) is 6.46. The van der Waals surface area contributed by atoms with E-state index in [9.17, 15) is 9.18 Å². The van der Waals surface area contributed by atoms with Gasteiger partial charge in [-0.3, -0.25) is 4.79 Å². The third-order valence-electron chi connectivity index (χ3n) is 3.54. The van der Waals surface area contributed by atoms with Gasteiger partial charge in [-0.15, -0.1) is 0 Å². The molecule has 1 amide bonds. The summed E-state index contributed by atoms with van der Waals surface area (Å²) in [6, 6.07) is 5.93. The second-order valence-corrected chi connectivity index (χ2v) is 4.97. The van der Waals surface area contributed by atoms with E-state index < -0.39 is 0 Å². The van der Waals surface area contributed by atoms with Crippen LogP contribution in [0.1, 0.15) is 32.1 Å². The number of hydrogen-bond donors (Lipinski definition) is 2. The van der Waals surface area contributed by atoms with Gasteiger partial charge in [0.2, 0.25) is 5.91 Å². The first-order valence-electron chi connectivity index (χ1n) is 6.46. The number of halogens is 1. The van der Waals surface area contributed by atoms with Crippen molar-refractivity contribution < 1.29 is 9.18 Å². The molecular formula is C14H19FN2O. The molecule has 1 fully saturated rings. The van der Waals surface area contributed by atoms with Gasteiger partial charge in [-0.1, -0.05) is 12.8 Å². The Morgan fingerprint density at radius 2 is 1.94 bits per heavy atom. The summed E-state index contributed by atoms with van der Waals surface area (Å²) in [5.41, 5.74) is 6.64. The fourth-order valence-electron chi connectivity index (χ4n) is 2.47. The standard InChI is InChI=1S/C14H19FN2O/c15-11-5-7-12(8-6-11)17-14(18)9-10-3-1-2-4-13(10)16/h5-8,10,13H,1-4,9,16H2,(H,17,18). The summed E-state index contributed by atoms with van der Waals surface area (Å²) in [5, 5.41) is 2.78. The molecule has 0 spiro atoms. The van der Waals surface area contributed by atoms with Crippen molar-refractivity contribution in [3.63, 3.8) is 0 Å². The molecule has 4 heteroatoms. The van der Waals surface area contributed by atoms with Gasteiger partial charge in [-0.05, 0) is 43.0 Å². The van der Waals surface area contributed by atoms with Crippen LogP contribution in [0.2, 0.25) is 0 Å². The van der Waals surface area contributed by atoms with E-state index in [1.807, 2.05) is 0 Å². The van der Waals surface area contributed by atoms with Crippen molar-refractivity contribution >= 4 is 11.6 Å². The second-order valence-electron chi connectivity index (χ2n) is 4.97. The number of anilines is 1. The third kappa shape index (κ3) is 3.53. The Morgan fingerprint density at radius 3 is 2.61 bits per heavy atom. The van der Waals surface area contributed by atoms with E-state index in [-0.39, 0.29) is 23.7 Å². The summed E-state index contributed by atoms with van der Waals surface area (Å²) in [6.07, 6.45) is 4.81. The Kier molecular flexibility index (Phi) is 4.31. The lowest BCUT2D eigenvalue weighted by Crippen LogP contribution is -2.35. The molecule has 18 heavy (non-hydrogen) atoms. The van der Waals surface area contributed by atoms with E-state index in [0.29, 0.717) is 12.1 Å². The van der Waals surface area contributed by atoms with Crippen LogP contribution in [0.25, 0.3) is 0 Å². The van der Waals surface area contributed by atoms with Crippen molar-refractivity contribution in [2.75, 3.05) is 5.32 Å². The van der Waals surface area contributed by atoms with Gasteiger partial charge >= 0.3 is 0 Å². The minimum absolute atomic E-state index is 0.0380. The largest absolute Gasteiger partial charge is 0.327 e. The van der Waals surface area contributed by atoms with Crippen molar-refractivity contribution in [3.8, 4) is 0 Å². The van der Waals surface area contributed by atoms with Gasteiger partial charge in [0.1, 0.15) is 5.82 Å². The van der Waals surface area contributed by atoms with E-state index in [1.165, 1.54) is 12.1 Å². The highest BCUT2D eigenvalue weighted by atomic mass is 19.1. The summed E-state index contributed by atoms with van der Waals surface area (Å²) in [4.78, 5) is 11.9. The van der Waals surface area contributed by atoms with Crippen LogP contribution in [0.4, 0.5) is 10.1 Å². The summed E-state index contributed by atoms with van der Waals surface area (Å²) in [6.45, 7) is 0. The first-order chi connectivity index (χ1) is 8.65. The second kappa shape index (κ2) is 5.96. The number of nitrogens with one attached hydrogen (secondary N) is 1. The number of hydrogen-bond acceptors (Lipinski definition) is 2. The van der Waals surface area contributed by atoms with Crippen LogP contribution in [-0.2, 0) is 4.79 Å². The highest BCUT2D eigenvalue weighted by Gasteiger charge is 2.24. The van der Waals surface area contributed by atoms with Crippen molar-refractivity contribution in [2.45, 2.75) is 38.1 Å². The average molecular weight is 250 g/mol. The van der Waals surface area contributed by atoms with E-state index in [0.717, 1.165) is 25.7 Å². The number of nitrogens with two attached hydrogens (primary N) is 1. The van der Waals surface area contributed by atoms with Crippen molar-refractivity contribution in [1.82, 2.24) is 0 Å². The van der Waals surface area contributed by atoms with Gasteiger partial charge < -0.3 is 11.1 Å². The van der Waals surface area contributed by atoms with E-state index in [2.05, 4.69) is 5.32 Å². The maximum atomic E-state index is 12.7. The van der Waals surface area contributed by atoms with Crippen LogP contribution in [0.5, 0.6) is 0 Å². The van der Waals surface area contributed by atoms with Crippen LogP contribution in [0, 0.1) is 11.7 Å². The van der Waals surface area contributed by atoms with Gasteiger partial charge in [0.25, 0.3) is 0 Å². The predicted octanol–water partition coefficient (Wildman–Crippen LogP) is 2.67. The molecule has 0 radical (unpaired) electrons. The smallest absolute Gasteiger partial charge is 0.224 e. The highest BCUT2D eigenvalue weighted by molar-refractivity contribution is 5.90. The molecule has 3 N–H and O–H groups in total. The fraction of sp³-hybridized carbons (Fsp3) is 0.500. The number of rotatable bonds is 3. The van der Waals surface area contributed by atoms with Gasteiger partial charge in [0, 0.05) is 18.2 Å². The lowest BCUT2D eigenvalue weighted by atomic mass is 9.83. The van der Waals surface area contributed by atoms with E-state index in [4.69, 9.17) is 5.73 Å². The Bertz CT molecular complexity index is 405. The highest BCUT2D eigenvalue weighted by Crippen LogP contribution is 2.26. The molecule has 1 aliphatic rings. The van der Waals surface area contributed by atoms with E-state index >= 15 is 0 Å². The van der Waals surface area contributed by atoms with Crippen molar-refractivity contribution in [2.24, 2.45) is 11.7 Å². The van der Waals surface area contributed by atoms with Crippen LogP contribution in [-0.4, -0.2) is 11.9 Å². The summed E-state index contributed by atoms with van der Waals surface area (Å²) < 4.78 is 12.7. The molecule has 1 aliphatic carbocycles. The molecule has 2 unspecified atom stereocenters. The number of carbonyl (C=O) groups is 1. The van der Waals surface area contributed by atoms with Gasteiger partial charge in [-0.25, -0.2) is 4.39 Å². The molecule has 3 nitrogen and oxygen atoms in total. The number of carbonyl (C=O) groups excluding carboxylic acids is 1. The molecule has 0 aliphatic heterocycles. The zero-order valence-corrected chi connectivity index (χ0v) is 10.4. The maximum absolute atomic E-state index is 12.7. The molecule has 1 saturated carbocycles. The lowest BCUT2D eigenvalue weighted by molar-refractivity contribution is -0.117. The van der Waals surface area contributed by atoms with Gasteiger partial charge in [0.15, 0.2) is 0 Å². The van der Waals surface area contributed by atoms with Gasteiger partial charge in [-0.2, -0.15) is 0 Å². The Hall–Kier alpha value is -1.42. The maximum Gasteiger partial charge on any atom is 0.224 e. The third-order valence-corrected chi connectivity index (χ3v) is 3.54. The molecule has 0 heterocycles. The molecule has 1 aromatic rings. The minimum atomic E-state index is -0.303. The average Bonchev–Trinajstić information content (AvgIpc) is 2.35. The quantitative estimate of drug-likeness (QED) is 0.866. The molecule has 1 aromatic carbocycles. The zero-order valence-electron chi connectivity index (χ0n) is 10.4. The monoisotopic (exact) mass is 250 g/mol. The van der Waals surface area contributed by atoms with Gasteiger partial charge in [0.05, 0.1) is 0 Å². The van der Waals surface area contributed by atoms with Crippen molar-refractivity contribution in [1.29, 1.82) is 0 Å². The number of benzene rings is 1. The molecule has 2 rings (SSSR count). The van der Waals surface area contributed by atoms with E-state index in [1.54, 1.807) is 12.1 Å². The molecular weight excluding hydrogens is 231 g/mol. The number of amides is 1. The molecule has 0 aromatic heterocycles. The predicted molar refractivity (Wildman–Crippen MR) is 69.6 cm³/mol. The minimum Gasteiger partial charge on any atom is -0.327 e. The Labute approximate surface area is 107 Å². The zero-order chi connectivity index (χ0) is 13.0. The van der Waals surface area contributed by atoms with Crippen LogP contribution in [0.3, 0.4) is 0 Å². The van der Waals surface area contributed by atoms with Crippen LogP contribution >= 0.6 is 0 Å². The summed E-state index contributed by atoms with van der Waals surface area (Å²) >= 11 is 0. The van der Waals surface area contributed by atoms with Crippen LogP contribution < -0.4 is 11.1 Å². The fourth-order valence-corrected chi connectivity index (χ4v) is 2.47. The summed E-state index contributed by atoms with van der Waals surface area (Å²) in [5.74, 6) is -0.0644. The lowest BCUT2D eigenvalue weighted by Gasteiger charge is -2.27. The topological polar surface area (TPSA) is 55.1 Å². The summed E-state index contributed by atoms with van der Waals surface area (Å²) in [7, 11) is 0. The molecule has 0 bridgehead atoms. The Balaban J connectivity index is 1.86. The van der Waals surface area contributed by atoms with Crippen LogP contribution in [0.15, 0.2) is 24.3 Å². The molecule has 98 valence electrons. The Morgan fingerprint density at radius 1 is 1.28 bits per heavy atom. The first kappa shape index (κ1) is 13.0. The molecule has 0 saturated heterocycles. The normalized spacial score (nSPS) is 23.7. The molecule has 2 atom stereocenters. The SMILES string of the molecule is NC1CCCCC1CC(=O)Nc1ccc(F)cc1.